The van der Waals surface area contributed by atoms with Crippen LogP contribution in [-0.4, -0.2) is 5.91 Å². The summed E-state index contributed by atoms with van der Waals surface area (Å²) in [6, 6.07) is 18.5. The molecule has 2 aromatic carbocycles. The Kier molecular flexibility index (Phi) is 5.56. The minimum atomic E-state index is 0. The average molecular weight is 283 g/mol. The maximum absolute atomic E-state index is 11.9. The van der Waals surface area contributed by atoms with E-state index in [-0.39, 0.29) is 7.33 Å². The van der Waals surface area contributed by atoms with E-state index in [1.807, 2.05) is 18.2 Å². The molecule has 0 saturated carbocycles. The zero-order valence-corrected chi connectivity index (χ0v) is 12.8. The zero-order valence-electron chi connectivity index (χ0n) is 12.8. The maximum atomic E-state index is 11.9. The summed E-state index contributed by atoms with van der Waals surface area (Å²) in [6.07, 6.45) is 1.33. The molecule has 0 saturated heterocycles. The first-order chi connectivity index (χ1) is 10.1. The van der Waals surface area contributed by atoms with Gasteiger partial charge >= 0.3 is 0 Å². The van der Waals surface area contributed by atoms with Crippen molar-refractivity contribution >= 4 is 5.91 Å². The minimum absolute atomic E-state index is 0. The largest absolute Gasteiger partial charge is 0.352 e. The first-order valence-electron chi connectivity index (χ1n) is 7.54. The Bertz CT molecular complexity index is 581. The van der Waals surface area contributed by atoms with E-state index in [9.17, 15) is 4.79 Å². The van der Waals surface area contributed by atoms with Crippen LogP contribution in [0.1, 0.15) is 44.3 Å². The molecule has 0 aromatic heterocycles. The molecular formula is C19H25NO. The molecule has 0 aliphatic rings. The predicted octanol–water partition coefficient (Wildman–Crippen LogP) is 4.31. The third-order valence-electron chi connectivity index (χ3n) is 3.59. The van der Waals surface area contributed by atoms with Gasteiger partial charge in [-0.2, -0.15) is 0 Å². The highest BCUT2D eigenvalue weighted by atomic mass is 16.1. The SMILES string of the molecule is CC(C)c1cccc(CNC(=O)CCc2ccccc2)c1.[HH]. The Hall–Kier alpha value is -2.09. The normalized spacial score (nSPS) is 10.6. The molecule has 0 bridgehead atoms. The van der Waals surface area contributed by atoms with Gasteiger partial charge in [-0.1, -0.05) is 68.4 Å². The van der Waals surface area contributed by atoms with Crippen molar-refractivity contribution in [2.75, 3.05) is 0 Å². The van der Waals surface area contributed by atoms with Crippen molar-refractivity contribution in [3.05, 3.63) is 71.3 Å². The number of benzene rings is 2. The van der Waals surface area contributed by atoms with Gasteiger partial charge in [0.05, 0.1) is 0 Å². The average Bonchev–Trinajstić information content (AvgIpc) is 2.52. The number of nitrogens with one attached hydrogen (secondary N) is 1. The zero-order chi connectivity index (χ0) is 15.1. The number of aryl methyl sites for hydroxylation is 1. The third-order valence-corrected chi connectivity index (χ3v) is 3.59. The highest BCUT2D eigenvalue weighted by Gasteiger charge is 2.04. The van der Waals surface area contributed by atoms with Crippen LogP contribution in [0, 0.1) is 0 Å². The first-order valence-corrected chi connectivity index (χ1v) is 7.54. The van der Waals surface area contributed by atoms with E-state index < -0.39 is 0 Å². The van der Waals surface area contributed by atoms with Crippen LogP contribution < -0.4 is 5.32 Å². The van der Waals surface area contributed by atoms with Crippen molar-refractivity contribution in [3.8, 4) is 0 Å². The molecule has 0 spiro atoms. The van der Waals surface area contributed by atoms with Gasteiger partial charge in [0.25, 0.3) is 0 Å². The monoisotopic (exact) mass is 283 g/mol. The van der Waals surface area contributed by atoms with E-state index in [0.717, 1.165) is 12.0 Å². The second kappa shape index (κ2) is 7.63. The van der Waals surface area contributed by atoms with Crippen molar-refractivity contribution in [3.63, 3.8) is 0 Å². The molecule has 21 heavy (non-hydrogen) atoms. The van der Waals surface area contributed by atoms with Gasteiger partial charge in [-0.3, -0.25) is 4.79 Å². The van der Waals surface area contributed by atoms with Gasteiger partial charge in [-0.25, -0.2) is 0 Å². The highest BCUT2D eigenvalue weighted by Crippen LogP contribution is 2.15. The molecule has 0 aliphatic heterocycles. The molecule has 0 atom stereocenters. The van der Waals surface area contributed by atoms with E-state index in [2.05, 4.69) is 55.6 Å². The fourth-order valence-corrected chi connectivity index (χ4v) is 2.25. The van der Waals surface area contributed by atoms with Crippen LogP contribution in [0.5, 0.6) is 0 Å². The fraction of sp³-hybridized carbons (Fsp3) is 0.316. The van der Waals surface area contributed by atoms with Crippen LogP contribution in [-0.2, 0) is 17.8 Å². The van der Waals surface area contributed by atoms with E-state index >= 15 is 0 Å². The molecule has 1 amide bonds. The summed E-state index contributed by atoms with van der Waals surface area (Å²) in [5.41, 5.74) is 3.68. The summed E-state index contributed by atoms with van der Waals surface area (Å²) in [4.78, 5) is 11.9. The predicted molar refractivity (Wildman–Crippen MR) is 89.3 cm³/mol. The van der Waals surface area contributed by atoms with E-state index in [1.165, 1.54) is 11.1 Å². The van der Waals surface area contributed by atoms with Crippen LogP contribution in [0.25, 0.3) is 0 Å². The molecule has 112 valence electrons. The van der Waals surface area contributed by atoms with Crippen LogP contribution in [0.2, 0.25) is 0 Å². The van der Waals surface area contributed by atoms with Crippen molar-refractivity contribution < 1.29 is 6.22 Å². The van der Waals surface area contributed by atoms with E-state index in [4.69, 9.17) is 0 Å². The lowest BCUT2D eigenvalue weighted by atomic mass is 10.0. The van der Waals surface area contributed by atoms with Crippen molar-refractivity contribution in [1.29, 1.82) is 0 Å². The van der Waals surface area contributed by atoms with Crippen LogP contribution in [0.3, 0.4) is 0 Å². The van der Waals surface area contributed by atoms with Gasteiger partial charge in [-0.15, -0.1) is 0 Å². The van der Waals surface area contributed by atoms with Gasteiger partial charge in [0.1, 0.15) is 0 Å². The molecule has 0 aliphatic carbocycles. The Morgan fingerprint density at radius 2 is 1.76 bits per heavy atom. The molecule has 2 heteroatoms. The van der Waals surface area contributed by atoms with Crippen molar-refractivity contribution in [2.24, 2.45) is 0 Å². The Morgan fingerprint density at radius 3 is 2.48 bits per heavy atom. The van der Waals surface area contributed by atoms with Gasteiger partial charge in [0, 0.05) is 14.4 Å². The molecule has 2 nitrogen and oxygen atoms in total. The summed E-state index contributed by atoms with van der Waals surface area (Å²) in [5.74, 6) is 0.618. The summed E-state index contributed by atoms with van der Waals surface area (Å²) in [6.45, 7) is 4.96. The summed E-state index contributed by atoms with van der Waals surface area (Å²) in [7, 11) is 0. The Morgan fingerprint density at radius 1 is 1.05 bits per heavy atom. The molecule has 0 fully saturated rings. The van der Waals surface area contributed by atoms with Gasteiger partial charge in [-0.05, 0) is 29.0 Å². The van der Waals surface area contributed by atoms with Gasteiger partial charge in [0.2, 0.25) is 5.91 Å². The molecule has 0 heterocycles. The minimum Gasteiger partial charge on any atom is -0.352 e. The van der Waals surface area contributed by atoms with Gasteiger partial charge < -0.3 is 5.32 Å². The van der Waals surface area contributed by atoms with E-state index in [1.54, 1.807) is 0 Å². The van der Waals surface area contributed by atoms with Gasteiger partial charge in [0.15, 0.2) is 0 Å². The molecule has 0 radical (unpaired) electrons. The third kappa shape index (κ3) is 5.07. The van der Waals surface area contributed by atoms with Crippen LogP contribution in [0.15, 0.2) is 54.6 Å². The number of amides is 1. The molecular weight excluding hydrogens is 258 g/mol. The Balaban J connectivity index is 0.00000242. The quantitative estimate of drug-likeness (QED) is 0.841. The second-order valence-corrected chi connectivity index (χ2v) is 5.66. The topological polar surface area (TPSA) is 29.1 Å². The van der Waals surface area contributed by atoms with Crippen LogP contribution >= 0.6 is 0 Å². The lowest BCUT2D eigenvalue weighted by Gasteiger charge is -2.09. The number of rotatable bonds is 6. The van der Waals surface area contributed by atoms with Crippen molar-refractivity contribution in [1.82, 2.24) is 5.32 Å². The smallest absolute Gasteiger partial charge is 0.220 e. The fourth-order valence-electron chi connectivity index (χ4n) is 2.25. The molecule has 0 unspecified atom stereocenters. The van der Waals surface area contributed by atoms with E-state index in [0.29, 0.717) is 18.9 Å². The summed E-state index contributed by atoms with van der Waals surface area (Å²) in [5, 5.41) is 3.00. The highest BCUT2D eigenvalue weighted by molar-refractivity contribution is 5.76. The summed E-state index contributed by atoms with van der Waals surface area (Å²) >= 11 is 0. The molecule has 2 aromatic rings. The Labute approximate surface area is 128 Å². The lowest BCUT2D eigenvalue weighted by molar-refractivity contribution is -0.121. The number of carbonyl (C=O) groups excluding carboxylic acids is 1. The summed E-state index contributed by atoms with van der Waals surface area (Å²) < 4.78 is 0. The first kappa shape index (κ1) is 15.3. The van der Waals surface area contributed by atoms with Crippen LogP contribution in [0.4, 0.5) is 0 Å². The lowest BCUT2D eigenvalue weighted by Crippen LogP contribution is -2.23. The van der Waals surface area contributed by atoms with Crippen molar-refractivity contribution in [2.45, 2.75) is 39.2 Å². The number of hydrogen-bond acceptors (Lipinski definition) is 1. The maximum Gasteiger partial charge on any atom is 0.220 e. The standard InChI is InChI=1S/C19H23NO.H2/c1-15(2)18-10-6-9-17(13-18)14-20-19(21)12-11-16-7-4-3-5-8-16;/h3-10,13,15H,11-12,14H2,1-2H3,(H,20,21);1H. The number of carbonyl (C=O) groups is 1. The molecule has 1 N–H and O–H groups in total. The number of hydrogen-bond donors (Lipinski definition) is 1. The molecule has 2 rings (SSSR count). The second-order valence-electron chi connectivity index (χ2n) is 5.66.